The Balaban J connectivity index is 0. The first-order chi connectivity index (χ1) is 16.8. The van der Waals surface area contributed by atoms with Crippen LogP contribution in [0.4, 0.5) is 83.4 Å². The van der Waals surface area contributed by atoms with Crippen LogP contribution in [0.2, 0.25) is 0 Å². The van der Waals surface area contributed by atoms with Crippen molar-refractivity contribution in [2.24, 2.45) is 11.7 Å². The molecule has 234 valence electrons. The van der Waals surface area contributed by atoms with Gasteiger partial charge in [-0.1, -0.05) is 6.58 Å². The van der Waals surface area contributed by atoms with Crippen LogP contribution in [0.25, 0.3) is 0 Å². The molecule has 0 spiro atoms. The lowest BCUT2D eigenvalue weighted by molar-refractivity contribution is -0.472. The molecule has 0 radical (unpaired) electrons. The Hall–Kier alpha value is -2.24. The van der Waals surface area contributed by atoms with Crippen LogP contribution in [0.3, 0.4) is 0 Å². The topological polar surface area (TPSA) is 98.6 Å². The minimum Gasteiger partial charge on any atom is -0.460 e. The van der Waals surface area contributed by atoms with Crippen molar-refractivity contribution in [2.75, 3.05) is 6.61 Å². The quantitative estimate of drug-likeness (QED) is 0.0990. The number of hydrogen-bond donors (Lipinski definition) is 3. The van der Waals surface area contributed by atoms with Gasteiger partial charge in [-0.05, 0) is 0 Å². The molecular weight excluding hydrogens is 617 g/mol. The van der Waals surface area contributed by atoms with E-state index in [9.17, 15) is 88.2 Å². The SMILES string of the molecule is C=CC(=O)OCC(O)CC(F)(F)C(F)(F)C(F)(F)C(F)(F)C(F)(F)C(F)(F)C(F)(C(F)(F)F)C(F)(F)F.NN. The number of aliphatic hydroxyl groups excluding tert-OH is 1. The van der Waals surface area contributed by atoms with E-state index >= 15 is 0 Å². The second-order valence-corrected chi connectivity index (χ2v) is 6.92. The zero-order valence-corrected chi connectivity index (χ0v) is 17.9. The van der Waals surface area contributed by atoms with Gasteiger partial charge in [0.1, 0.15) is 6.61 Å². The molecule has 0 saturated carbocycles. The van der Waals surface area contributed by atoms with Crippen molar-refractivity contribution >= 4 is 5.97 Å². The van der Waals surface area contributed by atoms with Gasteiger partial charge in [0.15, 0.2) is 0 Å². The second kappa shape index (κ2) is 11.3. The molecule has 0 aliphatic carbocycles. The maximum Gasteiger partial charge on any atom is 0.438 e. The number of alkyl halides is 19. The van der Waals surface area contributed by atoms with Crippen molar-refractivity contribution in [3.8, 4) is 0 Å². The van der Waals surface area contributed by atoms with Gasteiger partial charge in [-0.2, -0.15) is 79.0 Å². The highest BCUT2D eigenvalue weighted by Gasteiger charge is 2.98. The van der Waals surface area contributed by atoms with Gasteiger partial charge in [0.25, 0.3) is 0 Å². The summed E-state index contributed by atoms with van der Waals surface area (Å²) in [5.41, 5.74) is -8.81. The fourth-order valence-electron chi connectivity index (χ4n) is 2.27. The van der Waals surface area contributed by atoms with Gasteiger partial charge in [0.2, 0.25) is 0 Å². The normalized spacial score (nSPS) is 15.7. The third-order valence-corrected chi connectivity index (χ3v) is 4.33. The molecule has 0 aromatic carbocycles. The number of carbonyl (C=O) groups excluding carboxylic acids is 1. The molecular formula is C15H13F19N2O3. The van der Waals surface area contributed by atoms with Gasteiger partial charge in [-0.15, -0.1) is 0 Å². The second-order valence-electron chi connectivity index (χ2n) is 6.92. The molecule has 0 saturated heterocycles. The monoisotopic (exact) mass is 630 g/mol. The van der Waals surface area contributed by atoms with Gasteiger partial charge in [0.05, 0.1) is 6.10 Å². The molecule has 1 unspecified atom stereocenters. The lowest BCUT2D eigenvalue weighted by Gasteiger charge is -2.45. The highest BCUT2D eigenvalue weighted by molar-refractivity contribution is 5.81. The fraction of sp³-hybridized carbons (Fsp3) is 0.800. The Kier molecular flexibility index (Phi) is 11.3. The third-order valence-electron chi connectivity index (χ3n) is 4.33. The standard InChI is InChI=1S/C15H9F19O3.H4N2/c1-2-6(36)37-4-5(35)3-7(16,17)9(19,20)11(23,24)13(27,28)12(25,26)10(21,22)8(18,14(29,30)31)15(32,33)34;1-2/h2,5,35H,1,3-4H2;1-2H2. The lowest BCUT2D eigenvalue weighted by atomic mass is 9.83. The summed E-state index contributed by atoms with van der Waals surface area (Å²) in [6.07, 6.45) is -22.9. The van der Waals surface area contributed by atoms with E-state index in [1.165, 1.54) is 0 Å². The van der Waals surface area contributed by atoms with Gasteiger partial charge in [-0.3, -0.25) is 11.7 Å². The summed E-state index contributed by atoms with van der Waals surface area (Å²) in [6.45, 7) is 0.870. The highest BCUT2D eigenvalue weighted by Crippen LogP contribution is 2.66. The average Bonchev–Trinajstić information content (AvgIpc) is 2.75. The Morgan fingerprint density at radius 3 is 1.28 bits per heavy atom. The van der Waals surface area contributed by atoms with Gasteiger partial charge >= 0.3 is 59.5 Å². The molecule has 0 aliphatic heterocycles. The number of halogens is 19. The van der Waals surface area contributed by atoms with Crippen molar-refractivity contribution in [3.05, 3.63) is 12.7 Å². The smallest absolute Gasteiger partial charge is 0.438 e. The van der Waals surface area contributed by atoms with Crippen molar-refractivity contribution < 1.29 is 98.1 Å². The van der Waals surface area contributed by atoms with Crippen LogP contribution in [0.5, 0.6) is 0 Å². The Labute approximate surface area is 202 Å². The minimum atomic E-state index is -9.11. The molecule has 0 heterocycles. The number of ether oxygens (including phenoxy) is 1. The fourth-order valence-corrected chi connectivity index (χ4v) is 2.27. The highest BCUT2D eigenvalue weighted by atomic mass is 19.4. The predicted molar refractivity (Wildman–Crippen MR) is 85.8 cm³/mol. The number of nitrogens with two attached hydrogens (primary N) is 2. The molecule has 39 heavy (non-hydrogen) atoms. The number of rotatable bonds is 11. The van der Waals surface area contributed by atoms with Gasteiger partial charge in [-0.25, -0.2) is 9.18 Å². The van der Waals surface area contributed by atoms with E-state index < -0.39 is 78.7 Å². The molecule has 24 heteroatoms. The maximum atomic E-state index is 13.7. The molecule has 5 nitrogen and oxygen atoms in total. The third kappa shape index (κ3) is 6.10. The molecule has 0 bridgehead atoms. The number of esters is 1. The van der Waals surface area contributed by atoms with E-state index in [1.54, 1.807) is 0 Å². The van der Waals surface area contributed by atoms with E-state index in [1.807, 2.05) is 0 Å². The Bertz CT molecular complexity index is 838. The summed E-state index contributed by atoms with van der Waals surface area (Å²) in [5, 5.41) is 9.01. The van der Waals surface area contributed by atoms with Crippen molar-refractivity contribution in [1.82, 2.24) is 0 Å². The van der Waals surface area contributed by atoms with E-state index in [-0.39, 0.29) is 6.08 Å². The largest absolute Gasteiger partial charge is 0.460 e. The molecule has 5 N–H and O–H groups in total. The zero-order chi connectivity index (χ0) is 32.5. The number of hydrogen-bond acceptors (Lipinski definition) is 5. The van der Waals surface area contributed by atoms with Crippen LogP contribution in [-0.2, 0) is 9.53 Å². The van der Waals surface area contributed by atoms with Crippen LogP contribution in [0.15, 0.2) is 12.7 Å². The number of carbonyl (C=O) groups is 1. The summed E-state index contributed by atoms with van der Waals surface area (Å²) in [6, 6.07) is 0. The van der Waals surface area contributed by atoms with Crippen LogP contribution in [0.1, 0.15) is 6.42 Å². The molecule has 1 atom stereocenters. The Morgan fingerprint density at radius 2 is 0.974 bits per heavy atom. The first-order valence-electron chi connectivity index (χ1n) is 8.75. The summed E-state index contributed by atoms with van der Waals surface area (Å²) in [5.74, 6) is -44.4. The van der Waals surface area contributed by atoms with Crippen LogP contribution >= 0.6 is 0 Å². The summed E-state index contributed by atoms with van der Waals surface area (Å²) >= 11 is 0. The molecule has 0 aliphatic rings. The van der Waals surface area contributed by atoms with Gasteiger partial charge < -0.3 is 9.84 Å². The van der Waals surface area contributed by atoms with Gasteiger partial charge in [0, 0.05) is 12.5 Å². The first-order valence-corrected chi connectivity index (χ1v) is 8.75. The van der Waals surface area contributed by atoms with Crippen LogP contribution in [-0.4, -0.2) is 77.3 Å². The van der Waals surface area contributed by atoms with E-state index in [4.69, 9.17) is 5.11 Å². The predicted octanol–water partition coefficient (Wildman–Crippen LogP) is 4.93. The molecule has 0 fully saturated rings. The average molecular weight is 630 g/mol. The van der Waals surface area contributed by atoms with E-state index in [0.29, 0.717) is 0 Å². The maximum absolute atomic E-state index is 13.7. The van der Waals surface area contributed by atoms with Crippen molar-refractivity contribution in [1.29, 1.82) is 0 Å². The minimum absolute atomic E-state index is 0.239. The molecule has 0 amide bonds. The Morgan fingerprint density at radius 1 is 0.667 bits per heavy atom. The van der Waals surface area contributed by atoms with Crippen molar-refractivity contribution in [2.45, 2.75) is 66.1 Å². The lowest BCUT2D eigenvalue weighted by Crippen LogP contribution is -2.77. The summed E-state index contributed by atoms with van der Waals surface area (Å²) in [4.78, 5) is 10.6. The van der Waals surface area contributed by atoms with Crippen LogP contribution < -0.4 is 11.7 Å². The zero-order valence-electron chi connectivity index (χ0n) is 17.9. The summed E-state index contributed by atoms with van der Waals surface area (Å²) < 4.78 is 254. The molecule has 0 aromatic heterocycles. The van der Waals surface area contributed by atoms with Crippen molar-refractivity contribution in [3.63, 3.8) is 0 Å². The molecule has 0 aromatic rings. The molecule has 0 rings (SSSR count). The van der Waals surface area contributed by atoms with E-state index in [0.717, 1.165) is 0 Å². The number of hydrazine groups is 1. The van der Waals surface area contributed by atoms with Crippen LogP contribution in [0, 0.1) is 0 Å². The number of aliphatic hydroxyl groups is 1. The first kappa shape index (κ1) is 38.9. The summed E-state index contributed by atoms with van der Waals surface area (Å²) in [7, 11) is 0. The van der Waals surface area contributed by atoms with E-state index in [2.05, 4.69) is 23.0 Å².